The van der Waals surface area contributed by atoms with Gasteiger partial charge >= 0.3 is 5.97 Å². The van der Waals surface area contributed by atoms with E-state index in [1.54, 1.807) is 18.2 Å². The monoisotopic (exact) mass is 476 g/mol. The quantitative estimate of drug-likeness (QED) is 0.153. The van der Waals surface area contributed by atoms with E-state index in [0.29, 0.717) is 28.7 Å². The predicted molar refractivity (Wildman–Crippen MR) is 144 cm³/mol. The Morgan fingerprint density at radius 2 is 1.26 bits per heavy atom. The van der Waals surface area contributed by atoms with E-state index in [2.05, 4.69) is 6.92 Å². The normalized spacial score (nSPS) is 11.1. The molecule has 3 rings (SSSR count). The predicted octanol–water partition coefficient (Wildman–Crippen LogP) is 8.85. The summed E-state index contributed by atoms with van der Waals surface area (Å²) in [5, 5.41) is 0.413. The van der Waals surface area contributed by atoms with Crippen LogP contribution in [0, 0.1) is 0 Å². The van der Waals surface area contributed by atoms with E-state index >= 15 is 0 Å². The summed E-state index contributed by atoms with van der Waals surface area (Å²) in [5.41, 5.74) is 0.871. The van der Waals surface area contributed by atoms with Crippen molar-refractivity contribution in [3.05, 3.63) is 64.8 Å². The van der Waals surface area contributed by atoms with Crippen LogP contribution in [0.5, 0.6) is 5.75 Å². The molecule has 0 radical (unpaired) electrons. The number of rotatable bonds is 16. The minimum Gasteiger partial charge on any atom is -0.452 e. The maximum atomic E-state index is 13.1. The summed E-state index contributed by atoms with van der Waals surface area (Å²) in [4.78, 5) is 25.7. The third-order valence-corrected chi connectivity index (χ3v) is 6.49. The smallest absolute Gasteiger partial charge is 0.311 e. The molecule has 0 spiro atoms. The number of carbonyl (C=O) groups is 1. The third kappa shape index (κ3) is 8.69. The molecule has 0 fully saturated rings. The van der Waals surface area contributed by atoms with Crippen LogP contribution in [0.3, 0.4) is 0 Å². The van der Waals surface area contributed by atoms with Gasteiger partial charge in [-0.05, 0) is 18.6 Å². The Morgan fingerprint density at radius 3 is 1.89 bits per heavy atom. The highest BCUT2D eigenvalue weighted by molar-refractivity contribution is 5.84. The Kier molecular flexibility index (Phi) is 11.6. The minimum atomic E-state index is -0.382. The lowest BCUT2D eigenvalue weighted by molar-refractivity contribution is -0.134. The molecule has 0 aliphatic carbocycles. The summed E-state index contributed by atoms with van der Waals surface area (Å²) >= 11 is 0. The largest absolute Gasteiger partial charge is 0.452 e. The van der Waals surface area contributed by atoms with Crippen LogP contribution in [-0.2, 0) is 4.79 Å². The number of unbranched alkanes of at least 4 members (excludes halogenated alkanes) is 12. The molecule has 0 amide bonds. The van der Waals surface area contributed by atoms with E-state index in [-0.39, 0.29) is 17.1 Å². The van der Waals surface area contributed by atoms with Crippen LogP contribution >= 0.6 is 0 Å². The van der Waals surface area contributed by atoms with Gasteiger partial charge in [0.1, 0.15) is 5.58 Å². The maximum absolute atomic E-state index is 13.1. The highest BCUT2D eigenvalue weighted by Crippen LogP contribution is 2.31. The van der Waals surface area contributed by atoms with Crippen molar-refractivity contribution in [1.29, 1.82) is 0 Å². The highest BCUT2D eigenvalue weighted by atomic mass is 16.5. The number of fused-ring (bicyclic) bond motifs is 1. The standard InChI is InChI=1S/C31H40O4/c1-2-3-4-5-6-7-8-9-10-11-12-13-17-24-28(32)35-31-29(33)26-22-18-19-23-27(26)34-30(31)25-20-15-14-16-21-25/h14-16,18-23H,2-13,17,24H2,1H3. The van der Waals surface area contributed by atoms with E-state index in [0.717, 1.165) is 19.3 Å². The molecule has 4 nitrogen and oxygen atoms in total. The second kappa shape index (κ2) is 15.2. The van der Waals surface area contributed by atoms with Crippen molar-refractivity contribution in [2.45, 2.75) is 96.8 Å². The van der Waals surface area contributed by atoms with Crippen LogP contribution in [0.4, 0.5) is 0 Å². The van der Waals surface area contributed by atoms with Crippen molar-refractivity contribution in [3.8, 4) is 17.1 Å². The third-order valence-electron chi connectivity index (χ3n) is 6.49. The fourth-order valence-electron chi connectivity index (χ4n) is 4.45. The van der Waals surface area contributed by atoms with Crippen molar-refractivity contribution in [3.63, 3.8) is 0 Å². The van der Waals surface area contributed by atoms with Crippen LogP contribution in [0.15, 0.2) is 63.8 Å². The first-order valence-electron chi connectivity index (χ1n) is 13.5. The number of benzene rings is 2. The second-order valence-corrected chi connectivity index (χ2v) is 9.42. The van der Waals surface area contributed by atoms with Gasteiger partial charge in [-0.1, -0.05) is 126 Å². The lowest BCUT2D eigenvalue weighted by atomic mass is 10.0. The average Bonchev–Trinajstić information content (AvgIpc) is 2.89. The number of hydrogen-bond acceptors (Lipinski definition) is 4. The molecule has 0 atom stereocenters. The molecule has 1 aromatic heterocycles. The highest BCUT2D eigenvalue weighted by Gasteiger charge is 2.20. The number of hydrogen-bond donors (Lipinski definition) is 0. The Morgan fingerprint density at radius 1 is 0.714 bits per heavy atom. The maximum Gasteiger partial charge on any atom is 0.311 e. The molecule has 0 unspecified atom stereocenters. The number of carbonyl (C=O) groups excluding carboxylic acids is 1. The molecule has 0 bridgehead atoms. The summed E-state index contributed by atoms with van der Waals surface area (Å²) in [6.07, 6.45) is 16.6. The van der Waals surface area contributed by atoms with E-state index in [1.807, 2.05) is 36.4 Å². The van der Waals surface area contributed by atoms with Crippen LogP contribution in [0.25, 0.3) is 22.3 Å². The molecule has 0 saturated carbocycles. The van der Waals surface area contributed by atoms with Crippen molar-refractivity contribution >= 4 is 16.9 Å². The second-order valence-electron chi connectivity index (χ2n) is 9.42. The first kappa shape index (κ1) is 26.7. The molecule has 0 aliphatic rings. The Balaban J connectivity index is 1.42. The molecular weight excluding hydrogens is 436 g/mol. The van der Waals surface area contributed by atoms with Gasteiger partial charge in [0, 0.05) is 12.0 Å². The first-order chi connectivity index (χ1) is 17.2. The van der Waals surface area contributed by atoms with Crippen LogP contribution in [0.1, 0.15) is 96.8 Å². The topological polar surface area (TPSA) is 56.5 Å². The molecule has 3 aromatic rings. The molecular formula is C31H40O4. The van der Waals surface area contributed by atoms with Crippen LogP contribution in [-0.4, -0.2) is 5.97 Å². The zero-order valence-corrected chi connectivity index (χ0v) is 21.2. The zero-order valence-electron chi connectivity index (χ0n) is 21.2. The van der Waals surface area contributed by atoms with E-state index < -0.39 is 0 Å². The molecule has 1 heterocycles. The van der Waals surface area contributed by atoms with E-state index in [1.165, 1.54) is 64.2 Å². The first-order valence-corrected chi connectivity index (χ1v) is 13.5. The van der Waals surface area contributed by atoms with Crippen LogP contribution < -0.4 is 10.2 Å². The van der Waals surface area contributed by atoms with Gasteiger partial charge < -0.3 is 9.15 Å². The lowest BCUT2D eigenvalue weighted by Crippen LogP contribution is -2.16. The molecule has 35 heavy (non-hydrogen) atoms. The molecule has 188 valence electrons. The van der Waals surface area contributed by atoms with Gasteiger partial charge in [-0.15, -0.1) is 0 Å². The summed E-state index contributed by atoms with van der Waals surface area (Å²) in [5.74, 6) is -0.101. The average molecular weight is 477 g/mol. The van der Waals surface area contributed by atoms with Crippen molar-refractivity contribution in [2.24, 2.45) is 0 Å². The molecule has 4 heteroatoms. The van der Waals surface area contributed by atoms with E-state index in [9.17, 15) is 9.59 Å². The number of ether oxygens (including phenoxy) is 1. The summed E-state index contributed by atoms with van der Waals surface area (Å²) < 4.78 is 11.6. The summed E-state index contributed by atoms with van der Waals surface area (Å²) in [6.45, 7) is 2.26. The van der Waals surface area contributed by atoms with Crippen molar-refractivity contribution in [1.82, 2.24) is 0 Å². The van der Waals surface area contributed by atoms with Crippen LogP contribution in [0.2, 0.25) is 0 Å². The van der Waals surface area contributed by atoms with Gasteiger partial charge in [0.05, 0.1) is 5.39 Å². The number of para-hydroxylation sites is 1. The fourth-order valence-corrected chi connectivity index (χ4v) is 4.45. The van der Waals surface area contributed by atoms with Gasteiger partial charge in [-0.2, -0.15) is 0 Å². The summed E-state index contributed by atoms with van der Waals surface area (Å²) in [7, 11) is 0. The lowest BCUT2D eigenvalue weighted by Gasteiger charge is -2.10. The Bertz CT molecular complexity index is 1080. The van der Waals surface area contributed by atoms with Gasteiger partial charge in [0.2, 0.25) is 11.2 Å². The fraction of sp³-hybridized carbons (Fsp3) is 0.484. The summed E-state index contributed by atoms with van der Waals surface area (Å²) in [6, 6.07) is 16.4. The molecule has 2 aromatic carbocycles. The van der Waals surface area contributed by atoms with Gasteiger partial charge in [-0.25, -0.2) is 0 Å². The number of esters is 1. The van der Waals surface area contributed by atoms with E-state index in [4.69, 9.17) is 9.15 Å². The Hall–Kier alpha value is -2.88. The molecule has 0 aliphatic heterocycles. The Labute approximate surface area is 209 Å². The van der Waals surface area contributed by atoms with Gasteiger partial charge in [0.15, 0.2) is 5.76 Å². The van der Waals surface area contributed by atoms with Crippen molar-refractivity contribution < 1.29 is 13.9 Å². The zero-order chi connectivity index (χ0) is 24.7. The molecule has 0 N–H and O–H groups in total. The SMILES string of the molecule is CCCCCCCCCCCCCCCC(=O)Oc1c(-c2ccccc2)oc2ccccc2c1=O. The van der Waals surface area contributed by atoms with Crippen molar-refractivity contribution in [2.75, 3.05) is 0 Å². The van der Waals surface area contributed by atoms with Gasteiger partial charge in [0.25, 0.3) is 0 Å². The molecule has 0 saturated heterocycles. The minimum absolute atomic E-state index is 0.0189. The van der Waals surface area contributed by atoms with Gasteiger partial charge in [-0.3, -0.25) is 9.59 Å².